The number of unbranched alkanes of at least 4 members (excludes halogenated alkanes) is 16. The number of benzene rings is 1. The number of aliphatic carboxylic acids is 1. The van der Waals surface area contributed by atoms with Gasteiger partial charge in [0.2, 0.25) is 23.6 Å². The molecule has 0 heterocycles. The number of amidine groups is 1. The summed E-state index contributed by atoms with van der Waals surface area (Å²) in [7, 11) is -3.86. The first-order chi connectivity index (χ1) is 44.0. The van der Waals surface area contributed by atoms with Crippen molar-refractivity contribution in [2.24, 2.45) is 29.2 Å². The maximum absolute atomic E-state index is 14.3. The van der Waals surface area contributed by atoms with Crippen LogP contribution in [0.4, 0.5) is 0 Å². The Bertz CT molecular complexity index is 2400. The summed E-state index contributed by atoms with van der Waals surface area (Å²) in [6.07, 6.45) is 19.3. The lowest BCUT2D eigenvalue weighted by molar-refractivity contribution is -0.142. The summed E-state index contributed by atoms with van der Waals surface area (Å²) < 4.78 is 52.1. The molecular formula is C66H113N7O18S. The number of ketones is 4. The fourth-order valence-electron chi connectivity index (χ4n) is 10.4. The van der Waals surface area contributed by atoms with Crippen LogP contribution >= 0.6 is 0 Å². The van der Waals surface area contributed by atoms with Crippen molar-refractivity contribution in [1.29, 1.82) is 5.41 Å². The topological polar surface area (TPSA) is 409 Å². The zero-order valence-electron chi connectivity index (χ0n) is 55.1. The summed E-state index contributed by atoms with van der Waals surface area (Å²) in [5.74, 6) is -6.13. The molecule has 1 rings (SSSR count). The van der Waals surface area contributed by atoms with E-state index in [1.807, 2.05) is 6.92 Å². The van der Waals surface area contributed by atoms with Gasteiger partial charge in [0.1, 0.15) is 36.6 Å². The van der Waals surface area contributed by atoms with E-state index in [9.17, 15) is 61.8 Å². The number of hydrogen-bond acceptors (Lipinski definition) is 18. The number of rotatable bonds is 64. The number of phenols is 1. The Kier molecular flexibility index (Phi) is 49.1. The highest BCUT2D eigenvalue weighted by Gasteiger charge is 2.35. The number of carbonyl (C=O) groups excluding carboxylic acids is 8. The highest BCUT2D eigenvalue weighted by atomic mass is 32.2. The largest absolute Gasteiger partial charge is 0.508 e. The van der Waals surface area contributed by atoms with E-state index in [1.54, 1.807) is 19.1 Å². The summed E-state index contributed by atoms with van der Waals surface area (Å²) in [4.78, 5) is 115. The van der Waals surface area contributed by atoms with E-state index < -0.39 is 51.8 Å². The minimum atomic E-state index is -3.86. The van der Waals surface area contributed by atoms with Gasteiger partial charge in [-0.25, -0.2) is 4.79 Å². The van der Waals surface area contributed by atoms with Crippen molar-refractivity contribution in [3.8, 4) is 5.75 Å². The third-order valence-electron chi connectivity index (χ3n) is 15.8. The van der Waals surface area contributed by atoms with Crippen LogP contribution in [0, 0.1) is 23.2 Å². The molecule has 0 aliphatic carbocycles. The summed E-state index contributed by atoms with van der Waals surface area (Å²) in [6, 6.07) is 4.34. The van der Waals surface area contributed by atoms with Gasteiger partial charge in [-0.05, 0) is 88.3 Å². The highest BCUT2D eigenvalue weighted by Crippen LogP contribution is 2.28. The second kappa shape index (κ2) is 53.6. The van der Waals surface area contributed by atoms with Gasteiger partial charge < -0.3 is 61.9 Å². The molecule has 0 saturated heterocycles. The Morgan fingerprint density at radius 1 is 0.565 bits per heavy atom. The summed E-state index contributed by atoms with van der Waals surface area (Å²) in [6.45, 7) is 5.06. The van der Waals surface area contributed by atoms with Crippen molar-refractivity contribution in [3.05, 3.63) is 29.8 Å². The van der Waals surface area contributed by atoms with E-state index in [1.165, 1.54) is 12.1 Å². The molecule has 0 aromatic heterocycles. The zero-order chi connectivity index (χ0) is 68.2. The first kappa shape index (κ1) is 84.2. The van der Waals surface area contributed by atoms with Crippen molar-refractivity contribution in [2.45, 2.75) is 225 Å². The Hall–Kier alpha value is -5.77. The number of nitrogens with one attached hydrogen (secondary N) is 5. The van der Waals surface area contributed by atoms with Crippen molar-refractivity contribution >= 4 is 68.7 Å². The minimum Gasteiger partial charge on any atom is -0.508 e. The van der Waals surface area contributed by atoms with Crippen LogP contribution in [-0.2, 0) is 78.6 Å². The van der Waals surface area contributed by atoms with Gasteiger partial charge in [-0.15, -0.1) is 0 Å². The summed E-state index contributed by atoms with van der Waals surface area (Å²) in [5.41, 5.74) is 12.1. The molecule has 0 bridgehead atoms. The van der Waals surface area contributed by atoms with Gasteiger partial charge in [-0.2, -0.15) is 8.42 Å². The monoisotopic (exact) mass is 1320 g/mol. The van der Waals surface area contributed by atoms with Gasteiger partial charge in [0.05, 0.1) is 57.2 Å². The number of phenolic OH excluding ortho intramolecular Hbond substituents is 1. The van der Waals surface area contributed by atoms with Crippen molar-refractivity contribution in [1.82, 2.24) is 21.3 Å². The van der Waals surface area contributed by atoms with Crippen LogP contribution in [0.25, 0.3) is 0 Å². The van der Waals surface area contributed by atoms with Gasteiger partial charge in [0.15, 0.2) is 11.6 Å². The molecule has 26 heteroatoms. The molecule has 1 unspecified atom stereocenters. The van der Waals surface area contributed by atoms with Crippen LogP contribution in [0.5, 0.6) is 5.75 Å². The molecule has 0 aliphatic heterocycles. The first-order valence-corrected chi connectivity index (χ1v) is 35.2. The summed E-state index contributed by atoms with van der Waals surface area (Å²) in [5, 5.41) is 38.1. The van der Waals surface area contributed by atoms with Gasteiger partial charge in [-0.3, -0.25) is 48.3 Å². The summed E-state index contributed by atoms with van der Waals surface area (Å²) >= 11 is 0. The number of carbonyl (C=O) groups is 9. The van der Waals surface area contributed by atoms with Crippen molar-refractivity contribution in [3.63, 3.8) is 0 Å². The molecule has 5 atom stereocenters. The van der Waals surface area contributed by atoms with E-state index >= 15 is 0 Å². The third kappa shape index (κ3) is 47.2. The van der Waals surface area contributed by atoms with E-state index in [-0.39, 0.29) is 156 Å². The molecule has 92 heavy (non-hydrogen) atoms. The first-order valence-electron chi connectivity index (χ1n) is 33.6. The highest BCUT2D eigenvalue weighted by molar-refractivity contribution is 7.85. The predicted octanol–water partition coefficient (Wildman–Crippen LogP) is 6.94. The normalized spacial score (nSPS) is 13.1. The Balaban J connectivity index is 2.29. The smallest absolute Gasteiger partial charge is 0.326 e. The average molecular weight is 1320 g/mol. The van der Waals surface area contributed by atoms with Crippen LogP contribution in [0.2, 0.25) is 0 Å². The minimum absolute atomic E-state index is 0.0141. The number of ether oxygens (including phenoxy) is 4. The van der Waals surface area contributed by atoms with Gasteiger partial charge >= 0.3 is 5.97 Å². The molecule has 1 aromatic carbocycles. The number of nitrogens with two attached hydrogens (primary N) is 2. The number of aromatic hydroxyl groups is 1. The number of carboxylic acids is 1. The third-order valence-corrected chi connectivity index (χ3v) is 16.6. The molecule has 0 radical (unpaired) electrons. The molecule has 25 nitrogen and oxygen atoms in total. The van der Waals surface area contributed by atoms with Crippen LogP contribution in [-0.4, -0.2) is 172 Å². The van der Waals surface area contributed by atoms with Crippen molar-refractivity contribution in [2.75, 3.05) is 78.2 Å². The predicted molar refractivity (Wildman–Crippen MR) is 350 cm³/mol. The molecule has 1 aromatic rings. The number of Topliss-reactive ketones (excluding diaryl/α,β-unsaturated/α-hetero) is 4. The van der Waals surface area contributed by atoms with Crippen LogP contribution in [0.3, 0.4) is 0 Å². The molecule has 0 fully saturated rings. The molecule has 0 spiro atoms. The van der Waals surface area contributed by atoms with Crippen LogP contribution < -0.4 is 32.7 Å². The average Bonchev–Trinajstić information content (AvgIpc) is 0.939. The van der Waals surface area contributed by atoms with E-state index in [0.717, 1.165) is 89.9 Å². The van der Waals surface area contributed by atoms with Crippen molar-refractivity contribution < 1.29 is 85.3 Å². The second-order valence-corrected chi connectivity index (χ2v) is 25.5. The molecule has 12 N–H and O–H groups in total. The zero-order valence-corrected chi connectivity index (χ0v) is 55.9. The van der Waals surface area contributed by atoms with Gasteiger partial charge in [-0.1, -0.05) is 116 Å². The lowest BCUT2D eigenvalue weighted by Crippen LogP contribution is -2.45. The lowest BCUT2D eigenvalue weighted by Gasteiger charge is -2.28. The Labute approximate surface area is 546 Å². The van der Waals surface area contributed by atoms with E-state index in [0.29, 0.717) is 89.3 Å². The van der Waals surface area contributed by atoms with Crippen LogP contribution in [0.15, 0.2) is 24.3 Å². The molecule has 0 aliphatic rings. The maximum Gasteiger partial charge on any atom is 0.326 e. The van der Waals surface area contributed by atoms with Crippen LogP contribution in [0.1, 0.15) is 212 Å². The quantitative estimate of drug-likeness (QED) is 0.0137. The second-order valence-electron chi connectivity index (χ2n) is 23.9. The molecule has 4 amide bonds. The molecular weight excluding hydrogens is 1210 g/mol. The standard InChI is InChI=1S/C66H113N7O18S/c1-3-4-16-24-54(75)47-72-57(64(81)50(2)56(26-18-19-28-60(67)68)59(77)46-52(65(69)82)45-51-30-32-53(74)33-31-51)27-20-21-36-70-63(80)49-91-43-40-88-38-23-25-55(76)48-90-42-41-89-39-37-71-61(78)35-34-58(66(83)84)73-62(79)29-17-14-12-10-8-6-5-7-9-11-13-15-22-44-92(85,86)87/h30-33,50,52,56-58,72,74H,3-29,34-49H2,1-2H3,(H3,67,68)(H2,69,82)(H,70,80)(H,71,78)(H,73,79)(H,83,84)(H,85,86,87)/t50?,52-,56-,57+,58+/m1/s1. The number of hydrogen-bond donors (Lipinski definition) is 10. The van der Waals surface area contributed by atoms with E-state index in [4.69, 9.17) is 40.4 Å². The fraction of sp³-hybridized carbons (Fsp3) is 0.758. The molecule has 526 valence electrons. The SMILES string of the molecule is CCCCCC(=O)CN[C@@H](CCCCNC(=O)COCCOCCCC(=O)COCCOCCNC(=O)CC[C@H](NC(=O)CCCCCCCCCCCCCCCS(=O)(=O)O)C(=O)O)C(=O)C(C)[C@@H](CCCCC(=N)N)C(=O)C[C@@H](Cc1ccc(O)cc1)C(N)=O. The maximum atomic E-state index is 14.3. The number of primary amides is 1. The number of amides is 4. The Morgan fingerprint density at radius 2 is 1.12 bits per heavy atom. The number of carboxylic acid groups (broad SMARTS) is 1. The fourth-order valence-corrected chi connectivity index (χ4v) is 10.9. The molecule has 0 saturated carbocycles. The van der Waals surface area contributed by atoms with Gasteiger partial charge in [0.25, 0.3) is 10.1 Å². The van der Waals surface area contributed by atoms with E-state index in [2.05, 4.69) is 21.3 Å². The lowest BCUT2D eigenvalue weighted by atomic mass is 9.77. The van der Waals surface area contributed by atoms with Gasteiger partial charge in [0, 0.05) is 76.0 Å². The Morgan fingerprint density at radius 3 is 1.73 bits per heavy atom.